The Morgan fingerprint density at radius 3 is 2.20 bits per heavy atom. The number of methoxy groups -OCH3 is 1. The molecule has 0 aliphatic carbocycles. The van der Waals surface area contributed by atoms with Crippen LogP contribution in [0, 0.1) is 21.7 Å². The molecule has 0 radical (unpaired) electrons. The van der Waals surface area contributed by atoms with E-state index in [2.05, 4.69) is 5.32 Å². The molecule has 7 nitrogen and oxygen atoms in total. The van der Waals surface area contributed by atoms with Crippen molar-refractivity contribution in [3.63, 3.8) is 0 Å². The van der Waals surface area contributed by atoms with E-state index >= 15 is 0 Å². The number of nitro benzene ring substituents is 1. The summed E-state index contributed by atoms with van der Waals surface area (Å²) in [7, 11) is 1.16. The molecule has 0 heterocycles. The van der Waals surface area contributed by atoms with Crippen LogP contribution in [-0.2, 0) is 4.74 Å². The minimum atomic E-state index is -1.07. The fourth-order valence-corrected chi connectivity index (χ4v) is 2.70. The summed E-state index contributed by atoms with van der Waals surface area (Å²) in [6.07, 6.45) is 0. The maximum atomic E-state index is 13.4. The average molecular weight is 412 g/mol. The Morgan fingerprint density at radius 2 is 1.60 bits per heavy atom. The first-order valence-corrected chi connectivity index (χ1v) is 8.53. The smallest absolute Gasteiger partial charge is 0.339 e. The van der Waals surface area contributed by atoms with Crippen molar-refractivity contribution in [1.29, 1.82) is 0 Å². The van der Waals surface area contributed by atoms with E-state index in [0.717, 1.165) is 19.2 Å². The summed E-state index contributed by atoms with van der Waals surface area (Å²) >= 11 is 0. The number of rotatable bonds is 6. The second kappa shape index (κ2) is 8.48. The Kier molecular flexibility index (Phi) is 5.82. The zero-order chi connectivity index (χ0) is 21.8. The highest BCUT2D eigenvalue weighted by Crippen LogP contribution is 2.26. The average Bonchev–Trinajstić information content (AvgIpc) is 2.75. The van der Waals surface area contributed by atoms with Gasteiger partial charge in [-0.3, -0.25) is 14.9 Å². The molecule has 0 aliphatic heterocycles. The second-order valence-electron chi connectivity index (χ2n) is 6.14. The molecular formula is C21H14F2N2O5. The van der Waals surface area contributed by atoms with E-state index in [0.29, 0.717) is 0 Å². The second-order valence-corrected chi connectivity index (χ2v) is 6.14. The lowest BCUT2D eigenvalue weighted by Gasteiger charge is -2.13. The van der Waals surface area contributed by atoms with Crippen molar-refractivity contribution in [2.45, 2.75) is 0 Å². The van der Waals surface area contributed by atoms with E-state index < -0.39 is 28.3 Å². The number of hydrogen-bond acceptors (Lipinski definition) is 6. The third-order valence-corrected chi connectivity index (χ3v) is 4.23. The number of carbonyl (C=O) groups is 2. The molecule has 3 aromatic carbocycles. The third kappa shape index (κ3) is 4.30. The number of ether oxygens (including phenoxy) is 1. The van der Waals surface area contributed by atoms with Gasteiger partial charge in [-0.05, 0) is 42.5 Å². The molecule has 0 spiro atoms. The number of anilines is 2. The lowest BCUT2D eigenvalue weighted by molar-refractivity contribution is -0.384. The van der Waals surface area contributed by atoms with Gasteiger partial charge >= 0.3 is 5.97 Å². The van der Waals surface area contributed by atoms with Gasteiger partial charge in [-0.2, -0.15) is 0 Å². The fraction of sp³-hybridized carbons (Fsp3) is 0.0476. The van der Waals surface area contributed by atoms with Crippen LogP contribution in [0.15, 0.2) is 60.7 Å². The first-order valence-electron chi connectivity index (χ1n) is 8.53. The van der Waals surface area contributed by atoms with E-state index in [1.54, 1.807) is 0 Å². The van der Waals surface area contributed by atoms with Gasteiger partial charge in [0.15, 0.2) is 17.4 Å². The fourth-order valence-electron chi connectivity index (χ4n) is 2.70. The van der Waals surface area contributed by atoms with E-state index in [1.807, 2.05) is 0 Å². The molecule has 0 aliphatic rings. The molecule has 1 N–H and O–H groups in total. The molecule has 0 fully saturated rings. The predicted octanol–water partition coefficient (Wildman–Crippen LogP) is 4.63. The largest absolute Gasteiger partial charge is 0.465 e. The number of esters is 1. The van der Waals surface area contributed by atoms with Gasteiger partial charge in [-0.15, -0.1) is 0 Å². The zero-order valence-corrected chi connectivity index (χ0v) is 15.5. The van der Waals surface area contributed by atoms with Crippen LogP contribution in [0.1, 0.15) is 26.3 Å². The number of nitro groups is 1. The maximum absolute atomic E-state index is 13.4. The summed E-state index contributed by atoms with van der Waals surface area (Å²) in [6.45, 7) is 0. The highest BCUT2D eigenvalue weighted by Gasteiger charge is 2.18. The molecule has 0 aromatic heterocycles. The quantitative estimate of drug-likeness (QED) is 0.274. The molecule has 0 unspecified atom stereocenters. The van der Waals surface area contributed by atoms with E-state index in [-0.39, 0.29) is 33.8 Å². The Bertz CT molecular complexity index is 1150. The third-order valence-electron chi connectivity index (χ3n) is 4.23. The molecule has 0 saturated heterocycles. The standard InChI is InChI=1S/C21H14F2N2O5/c1-30-21(27)16-10-13(20(26)12-2-6-15(7-3-12)25(28)29)4-9-19(16)24-14-5-8-17(22)18(23)11-14/h2-11,24H,1H3. The molecule has 0 saturated carbocycles. The van der Waals surface area contributed by atoms with Crippen LogP contribution in [0.25, 0.3) is 0 Å². The highest BCUT2D eigenvalue weighted by molar-refractivity contribution is 6.11. The molecular weight excluding hydrogens is 398 g/mol. The van der Waals surface area contributed by atoms with Gasteiger partial charge in [0.25, 0.3) is 5.69 Å². The Labute approximate surface area is 169 Å². The zero-order valence-electron chi connectivity index (χ0n) is 15.5. The van der Waals surface area contributed by atoms with Crippen LogP contribution in [0.2, 0.25) is 0 Å². The number of benzene rings is 3. The summed E-state index contributed by atoms with van der Waals surface area (Å²) in [5.41, 5.74) is 0.572. The topological polar surface area (TPSA) is 98.5 Å². The molecule has 3 rings (SSSR count). The molecule has 30 heavy (non-hydrogen) atoms. The Balaban J connectivity index is 1.95. The van der Waals surface area contributed by atoms with Crippen molar-refractivity contribution in [3.05, 3.63) is 99.1 Å². The first-order chi connectivity index (χ1) is 14.3. The SMILES string of the molecule is COC(=O)c1cc(C(=O)c2ccc([N+](=O)[O-])cc2)ccc1Nc1ccc(F)c(F)c1. The van der Waals surface area contributed by atoms with Crippen molar-refractivity contribution in [1.82, 2.24) is 0 Å². The predicted molar refractivity (Wildman–Crippen MR) is 104 cm³/mol. The number of carbonyl (C=O) groups excluding carboxylic acids is 2. The normalized spacial score (nSPS) is 10.4. The monoisotopic (exact) mass is 412 g/mol. The summed E-state index contributed by atoms with van der Waals surface area (Å²) in [4.78, 5) is 35.1. The lowest BCUT2D eigenvalue weighted by Crippen LogP contribution is -2.09. The van der Waals surface area contributed by atoms with Crippen molar-refractivity contribution < 1.29 is 28.0 Å². The minimum absolute atomic E-state index is 0.00463. The Hall–Kier alpha value is -4.14. The molecule has 0 bridgehead atoms. The van der Waals surface area contributed by atoms with Crippen molar-refractivity contribution >= 4 is 28.8 Å². The van der Waals surface area contributed by atoms with E-state index in [1.165, 1.54) is 48.5 Å². The van der Waals surface area contributed by atoms with Crippen LogP contribution in [0.5, 0.6) is 0 Å². The summed E-state index contributed by atoms with van der Waals surface area (Å²) < 4.78 is 31.3. The van der Waals surface area contributed by atoms with Crippen LogP contribution >= 0.6 is 0 Å². The van der Waals surface area contributed by atoms with Crippen molar-refractivity contribution in [2.24, 2.45) is 0 Å². The van der Waals surface area contributed by atoms with Gasteiger partial charge in [0.2, 0.25) is 0 Å². The molecule has 3 aromatic rings. The maximum Gasteiger partial charge on any atom is 0.339 e. The summed E-state index contributed by atoms with van der Waals surface area (Å²) in [5, 5.41) is 13.5. The summed E-state index contributed by atoms with van der Waals surface area (Å²) in [6, 6.07) is 12.3. The van der Waals surface area contributed by atoms with Gasteiger partial charge in [0.05, 0.1) is 23.3 Å². The van der Waals surface area contributed by atoms with Gasteiger partial charge in [-0.25, -0.2) is 13.6 Å². The number of ketones is 1. The van der Waals surface area contributed by atoms with Gasteiger partial charge in [0.1, 0.15) is 0 Å². The summed E-state index contributed by atoms with van der Waals surface area (Å²) in [5.74, 6) is -3.30. The van der Waals surface area contributed by atoms with Gasteiger partial charge in [0, 0.05) is 35.0 Å². The lowest BCUT2D eigenvalue weighted by atomic mass is 10.00. The van der Waals surface area contributed by atoms with Gasteiger partial charge < -0.3 is 10.1 Å². The van der Waals surface area contributed by atoms with Crippen LogP contribution in [0.4, 0.5) is 25.8 Å². The van der Waals surface area contributed by atoms with E-state index in [4.69, 9.17) is 4.74 Å². The Morgan fingerprint density at radius 1 is 0.933 bits per heavy atom. The first kappa shape index (κ1) is 20.6. The number of nitrogens with zero attached hydrogens (tertiary/aromatic N) is 1. The number of nitrogens with one attached hydrogen (secondary N) is 1. The highest BCUT2D eigenvalue weighted by atomic mass is 19.2. The van der Waals surface area contributed by atoms with Crippen LogP contribution in [0.3, 0.4) is 0 Å². The number of hydrogen-bond donors (Lipinski definition) is 1. The van der Waals surface area contributed by atoms with Crippen LogP contribution in [-0.4, -0.2) is 23.8 Å². The molecule has 0 atom stereocenters. The van der Waals surface area contributed by atoms with E-state index in [9.17, 15) is 28.5 Å². The van der Waals surface area contributed by atoms with Gasteiger partial charge in [-0.1, -0.05) is 0 Å². The number of non-ortho nitro benzene ring substituents is 1. The molecule has 9 heteroatoms. The van der Waals surface area contributed by atoms with Crippen LogP contribution < -0.4 is 5.32 Å². The van der Waals surface area contributed by atoms with Crippen molar-refractivity contribution in [3.8, 4) is 0 Å². The molecule has 0 amide bonds. The molecule has 152 valence electrons. The van der Waals surface area contributed by atoms with Crippen molar-refractivity contribution in [2.75, 3.05) is 12.4 Å². The minimum Gasteiger partial charge on any atom is -0.465 e. The number of halogens is 2.